The van der Waals surface area contributed by atoms with Crippen molar-refractivity contribution in [1.82, 2.24) is 19.6 Å². The monoisotopic (exact) mass is 260 g/mol. The summed E-state index contributed by atoms with van der Waals surface area (Å²) < 4.78 is 2.94. The van der Waals surface area contributed by atoms with Gasteiger partial charge in [0, 0.05) is 16.0 Å². The summed E-state index contributed by atoms with van der Waals surface area (Å²) in [5.41, 5.74) is 0. The van der Waals surface area contributed by atoms with Crippen LogP contribution in [0.15, 0.2) is 12.4 Å². The highest BCUT2D eigenvalue weighted by Gasteiger charge is 2.00. The van der Waals surface area contributed by atoms with Gasteiger partial charge in [0.1, 0.15) is 5.82 Å². The summed E-state index contributed by atoms with van der Waals surface area (Å²) in [6, 6.07) is 0. The van der Waals surface area contributed by atoms with E-state index in [-0.39, 0.29) is 0 Å². The summed E-state index contributed by atoms with van der Waals surface area (Å²) in [7, 11) is 0. The number of hydrogen-bond donors (Lipinski definition) is 0. The number of aryl methyl sites for hydroxylation is 1. The number of fused-ring (bicyclic) bond motifs is 1. The molecular formula is C6H5IN4. The first-order chi connectivity index (χ1) is 5.27. The Morgan fingerprint density at radius 3 is 3.09 bits per heavy atom. The van der Waals surface area contributed by atoms with Gasteiger partial charge in [-0.25, -0.2) is 4.98 Å². The minimum absolute atomic E-state index is 0.655. The molecule has 0 radical (unpaired) electrons. The summed E-state index contributed by atoms with van der Waals surface area (Å²) in [5.74, 6) is 1.52. The van der Waals surface area contributed by atoms with Crippen LogP contribution < -0.4 is 0 Å². The second-order valence-corrected chi connectivity index (χ2v) is 3.44. The van der Waals surface area contributed by atoms with Crippen molar-refractivity contribution in [2.75, 3.05) is 0 Å². The molecule has 2 aromatic heterocycles. The lowest BCUT2D eigenvalue weighted by molar-refractivity contribution is 1.00. The molecule has 2 rings (SSSR count). The topological polar surface area (TPSA) is 43.1 Å². The first-order valence-corrected chi connectivity index (χ1v) is 4.18. The molecule has 11 heavy (non-hydrogen) atoms. The molecule has 0 saturated heterocycles. The van der Waals surface area contributed by atoms with Crippen LogP contribution in [-0.4, -0.2) is 19.6 Å². The van der Waals surface area contributed by atoms with Gasteiger partial charge in [-0.2, -0.15) is 0 Å². The van der Waals surface area contributed by atoms with E-state index in [4.69, 9.17) is 0 Å². The van der Waals surface area contributed by atoms with Gasteiger partial charge in [-0.05, 0) is 29.5 Å². The molecule has 0 aliphatic heterocycles. The van der Waals surface area contributed by atoms with Gasteiger partial charge >= 0.3 is 0 Å². The Morgan fingerprint density at radius 2 is 2.27 bits per heavy atom. The lowest BCUT2D eigenvalue weighted by atomic mass is 10.6. The fourth-order valence-electron chi connectivity index (χ4n) is 0.873. The third-order valence-electron chi connectivity index (χ3n) is 1.40. The van der Waals surface area contributed by atoms with Crippen LogP contribution in [0.2, 0.25) is 0 Å². The molecule has 2 aromatic rings. The lowest BCUT2D eigenvalue weighted by Gasteiger charge is -1.92. The predicted molar refractivity (Wildman–Crippen MR) is 48.2 cm³/mol. The Morgan fingerprint density at radius 1 is 1.45 bits per heavy atom. The molecule has 0 bridgehead atoms. The number of hydrogen-bond acceptors (Lipinski definition) is 3. The molecule has 0 aromatic carbocycles. The molecule has 5 heteroatoms. The minimum Gasteiger partial charge on any atom is -0.270 e. The van der Waals surface area contributed by atoms with Gasteiger partial charge in [-0.3, -0.25) is 4.40 Å². The fraction of sp³-hybridized carbons (Fsp3) is 0.167. The van der Waals surface area contributed by atoms with E-state index >= 15 is 0 Å². The van der Waals surface area contributed by atoms with Gasteiger partial charge in [0.15, 0.2) is 0 Å². The van der Waals surface area contributed by atoms with Crippen LogP contribution in [0.1, 0.15) is 5.82 Å². The van der Waals surface area contributed by atoms with Crippen LogP contribution in [0, 0.1) is 10.5 Å². The zero-order valence-corrected chi connectivity index (χ0v) is 7.98. The Bertz CT molecular complexity index is 394. The maximum Gasteiger partial charge on any atom is 0.255 e. The maximum absolute atomic E-state index is 4.08. The van der Waals surface area contributed by atoms with Crippen LogP contribution in [-0.2, 0) is 0 Å². The third kappa shape index (κ3) is 1.09. The number of nitrogens with zero attached hydrogens (tertiary/aromatic N) is 4. The molecule has 2 heterocycles. The van der Waals surface area contributed by atoms with Crippen molar-refractivity contribution in [1.29, 1.82) is 0 Å². The number of rotatable bonds is 0. The molecule has 0 unspecified atom stereocenters. The summed E-state index contributed by atoms with van der Waals surface area (Å²) in [5, 5.41) is 7.74. The number of halogens is 1. The molecule has 4 nitrogen and oxygen atoms in total. The second-order valence-electron chi connectivity index (χ2n) is 2.19. The summed E-state index contributed by atoms with van der Waals surface area (Å²) in [6.45, 7) is 1.90. The zero-order chi connectivity index (χ0) is 7.84. The summed E-state index contributed by atoms with van der Waals surface area (Å²) in [4.78, 5) is 4.08. The lowest BCUT2D eigenvalue weighted by Crippen LogP contribution is -1.90. The Balaban J connectivity index is 2.87. The van der Waals surface area contributed by atoms with E-state index in [1.165, 1.54) is 0 Å². The van der Waals surface area contributed by atoms with Crippen LogP contribution in [0.25, 0.3) is 5.78 Å². The highest BCUT2D eigenvalue weighted by atomic mass is 127. The third-order valence-corrected chi connectivity index (χ3v) is 1.96. The van der Waals surface area contributed by atoms with Crippen LogP contribution >= 0.6 is 22.6 Å². The van der Waals surface area contributed by atoms with E-state index < -0.39 is 0 Å². The van der Waals surface area contributed by atoms with Gasteiger partial charge in [-0.1, -0.05) is 0 Å². The molecule has 0 spiro atoms. The normalized spacial score (nSPS) is 10.7. The van der Waals surface area contributed by atoms with Gasteiger partial charge in [0.25, 0.3) is 5.78 Å². The second kappa shape index (κ2) is 2.40. The molecule has 0 atom stereocenters. The van der Waals surface area contributed by atoms with Crippen molar-refractivity contribution in [3.05, 3.63) is 21.8 Å². The average molecular weight is 260 g/mol. The fourth-order valence-corrected chi connectivity index (χ4v) is 1.29. The van der Waals surface area contributed by atoms with Gasteiger partial charge in [0.2, 0.25) is 0 Å². The van der Waals surface area contributed by atoms with E-state index in [1.807, 2.05) is 17.5 Å². The van der Waals surface area contributed by atoms with E-state index in [9.17, 15) is 0 Å². The van der Waals surface area contributed by atoms with E-state index in [0.717, 1.165) is 9.39 Å². The van der Waals surface area contributed by atoms with E-state index in [2.05, 4.69) is 37.8 Å². The Kier molecular flexibility index (Phi) is 1.52. The van der Waals surface area contributed by atoms with Crippen molar-refractivity contribution >= 4 is 28.4 Å². The highest BCUT2D eigenvalue weighted by Crippen LogP contribution is 2.04. The smallest absolute Gasteiger partial charge is 0.255 e. The Hall–Kier alpha value is -0.720. The first kappa shape index (κ1) is 6.96. The van der Waals surface area contributed by atoms with Crippen molar-refractivity contribution in [3.63, 3.8) is 0 Å². The average Bonchev–Trinajstić information content (AvgIpc) is 2.33. The van der Waals surface area contributed by atoms with E-state index in [1.54, 1.807) is 6.20 Å². The number of aromatic nitrogens is 4. The van der Waals surface area contributed by atoms with Gasteiger partial charge in [-0.15, -0.1) is 10.2 Å². The van der Waals surface area contributed by atoms with Crippen molar-refractivity contribution in [2.45, 2.75) is 6.92 Å². The van der Waals surface area contributed by atoms with Gasteiger partial charge < -0.3 is 0 Å². The standard InChI is InChI=1S/C6H5IN4/c1-4-9-10-6-8-2-5(7)3-11(4)6/h2-3H,1H3. The van der Waals surface area contributed by atoms with Crippen LogP contribution in [0.4, 0.5) is 0 Å². The molecule has 0 saturated carbocycles. The molecule has 0 aliphatic rings. The molecule has 0 fully saturated rings. The van der Waals surface area contributed by atoms with Crippen LogP contribution in [0.3, 0.4) is 0 Å². The molecule has 0 amide bonds. The summed E-state index contributed by atoms with van der Waals surface area (Å²) in [6.07, 6.45) is 3.72. The Labute approximate surface area is 76.8 Å². The maximum atomic E-state index is 4.08. The van der Waals surface area contributed by atoms with Crippen molar-refractivity contribution < 1.29 is 0 Å². The predicted octanol–water partition coefficient (Wildman–Crippen LogP) is 1.04. The minimum atomic E-state index is 0.655. The first-order valence-electron chi connectivity index (χ1n) is 3.10. The molecule has 0 aliphatic carbocycles. The largest absolute Gasteiger partial charge is 0.270 e. The zero-order valence-electron chi connectivity index (χ0n) is 5.82. The molecule has 56 valence electrons. The van der Waals surface area contributed by atoms with Crippen molar-refractivity contribution in [2.24, 2.45) is 0 Å². The quantitative estimate of drug-likeness (QED) is 0.664. The molecule has 0 N–H and O–H groups in total. The van der Waals surface area contributed by atoms with Crippen molar-refractivity contribution in [3.8, 4) is 0 Å². The van der Waals surface area contributed by atoms with E-state index in [0.29, 0.717) is 5.78 Å². The molecular weight excluding hydrogens is 255 g/mol. The highest BCUT2D eigenvalue weighted by molar-refractivity contribution is 14.1. The van der Waals surface area contributed by atoms with Gasteiger partial charge in [0.05, 0.1) is 0 Å². The summed E-state index contributed by atoms with van der Waals surface area (Å²) >= 11 is 2.20. The van der Waals surface area contributed by atoms with Crippen LogP contribution in [0.5, 0.6) is 0 Å². The SMILES string of the molecule is Cc1nnc2ncc(I)cn12.